The Morgan fingerprint density at radius 3 is 2.33 bits per heavy atom. The quantitative estimate of drug-likeness (QED) is 0.475. The lowest BCUT2D eigenvalue weighted by Crippen LogP contribution is -2.44. The number of nitrogens with zero attached hydrogens (tertiary/aromatic N) is 1. The van der Waals surface area contributed by atoms with Crippen molar-refractivity contribution < 1.29 is 23.2 Å². The minimum atomic E-state index is -4.61. The Labute approximate surface area is 66.7 Å². The number of alkyl halides is 3. The topological polar surface area (TPSA) is 66.6 Å². The molecule has 0 fully saturated rings. The molecule has 7 heteroatoms. The van der Waals surface area contributed by atoms with E-state index in [4.69, 9.17) is 10.9 Å². The van der Waals surface area contributed by atoms with Crippen LogP contribution in [0.2, 0.25) is 0 Å². The Kier molecular flexibility index (Phi) is 3.47. The van der Waals surface area contributed by atoms with Crippen LogP contribution in [0.25, 0.3) is 0 Å². The highest BCUT2D eigenvalue weighted by atomic mass is 19.4. The maximum Gasteiger partial charge on any atom is 0.408 e. The van der Waals surface area contributed by atoms with E-state index in [1.54, 1.807) is 0 Å². The van der Waals surface area contributed by atoms with Crippen LogP contribution in [0.15, 0.2) is 0 Å². The Balaban J connectivity index is 4.05. The highest BCUT2D eigenvalue weighted by Gasteiger charge is 2.33. The molecule has 72 valence electrons. The first kappa shape index (κ1) is 11.2. The zero-order valence-corrected chi connectivity index (χ0v) is 6.30. The van der Waals surface area contributed by atoms with Crippen molar-refractivity contribution in [3.05, 3.63) is 0 Å². The molecule has 0 bridgehead atoms. The van der Waals surface area contributed by atoms with Gasteiger partial charge in [0.15, 0.2) is 0 Å². The van der Waals surface area contributed by atoms with Crippen LogP contribution in [0.5, 0.6) is 0 Å². The predicted molar refractivity (Wildman–Crippen MR) is 33.2 cm³/mol. The first-order chi connectivity index (χ1) is 5.24. The zero-order valence-electron chi connectivity index (χ0n) is 6.30. The molecule has 1 atom stereocenters. The molecule has 0 radical (unpaired) electrons. The van der Waals surface area contributed by atoms with Crippen molar-refractivity contribution in [3.63, 3.8) is 0 Å². The van der Waals surface area contributed by atoms with Crippen LogP contribution in [-0.4, -0.2) is 34.9 Å². The Morgan fingerprint density at radius 1 is 1.67 bits per heavy atom. The normalized spacial score (nSPS) is 14.2. The highest BCUT2D eigenvalue weighted by Crippen LogP contribution is 2.15. The summed E-state index contributed by atoms with van der Waals surface area (Å²) in [6.45, 7) is -0.519. The smallest absolute Gasteiger partial charge is 0.320 e. The van der Waals surface area contributed by atoms with Crippen LogP contribution < -0.4 is 5.73 Å². The van der Waals surface area contributed by atoms with E-state index in [-0.39, 0.29) is 0 Å². The fourth-order valence-corrected chi connectivity index (χ4v) is 0.483. The summed E-state index contributed by atoms with van der Waals surface area (Å²) >= 11 is 0. The summed E-state index contributed by atoms with van der Waals surface area (Å²) in [4.78, 5) is 10.6. The summed E-state index contributed by atoms with van der Waals surface area (Å²) < 4.78 is 34.6. The van der Waals surface area contributed by atoms with E-state index < -0.39 is 29.7 Å². The second-order valence-electron chi connectivity index (χ2n) is 2.30. The van der Waals surface area contributed by atoms with E-state index in [1.807, 2.05) is 0 Å². The van der Waals surface area contributed by atoms with Crippen molar-refractivity contribution in [1.82, 2.24) is 5.06 Å². The molecule has 3 N–H and O–H groups in total. The van der Waals surface area contributed by atoms with Gasteiger partial charge in [-0.25, -0.2) is 5.06 Å². The zero-order chi connectivity index (χ0) is 9.94. The molecule has 4 nitrogen and oxygen atoms in total. The van der Waals surface area contributed by atoms with Crippen molar-refractivity contribution in [3.8, 4) is 0 Å². The van der Waals surface area contributed by atoms with Gasteiger partial charge in [-0.1, -0.05) is 0 Å². The molecule has 0 aromatic heterocycles. The monoisotopic (exact) mass is 186 g/mol. The van der Waals surface area contributed by atoms with Crippen molar-refractivity contribution in [2.45, 2.75) is 19.1 Å². The van der Waals surface area contributed by atoms with Gasteiger partial charge in [0.2, 0.25) is 0 Å². The molecule has 0 aromatic carbocycles. The fourth-order valence-electron chi connectivity index (χ4n) is 0.483. The molecule has 0 rings (SSSR count). The van der Waals surface area contributed by atoms with Crippen LogP contribution in [0.4, 0.5) is 13.2 Å². The number of nitrogens with two attached hydrogens (primary N) is 1. The molecule has 0 unspecified atom stereocenters. The van der Waals surface area contributed by atoms with E-state index in [9.17, 15) is 18.0 Å². The van der Waals surface area contributed by atoms with E-state index >= 15 is 0 Å². The molecule has 0 aliphatic carbocycles. The highest BCUT2D eigenvalue weighted by molar-refractivity contribution is 5.80. The standard InChI is InChI=1S/C5H9F3N2O2/c1-3(9)4(11)10(12)2-5(6,7)8/h3,12H,2,9H2,1H3/t3-/m1/s1. The minimum absolute atomic E-state index is 0.440. The average Bonchev–Trinajstić information content (AvgIpc) is 1.82. The first-order valence-corrected chi connectivity index (χ1v) is 3.06. The van der Waals surface area contributed by atoms with Gasteiger partial charge in [0, 0.05) is 0 Å². The van der Waals surface area contributed by atoms with Gasteiger partial charge in [-0.2, -0.15) is 13.2 Å². The third-order valence-electron chi connectivity index (χ3n) is 0.973. The van der Waals surface area contributed by atoms with Gasteiger partial charge < -0.3 is 5.73 Å². The molecule has 12 heavy (non-hydrogen) atoms. The Hall–Kier alpha value is -0.820. The number of halogens is 3. The second-order valence-corrected chi connectivity index (χ2v) is 2.30. The van der Waals surface area contributed by atoms with E-state index in [2.05, 4.69) is 0 Å². The van der Waals surface area contributed by atoms with Crippen molar-refractivity contribution in [1.29, 1.82) is 0 Å². The van der Waals surface area contributed by atoms with Gasteiger partial charge in [-0.15, -0.1) is 0 Å². The van der Waals surface area contributed by atoms with Crippen LogP contribution >= 0.6 is 0 Å². The molecule has 0 saturated heterocycles. The number of amides is 1. The molecule has 0 spiro atoms. The third-order valence-corrected chi connectivity index (χ3v) is 0.973. The molecule has 0 aliphatic rings. The van der Waals surface area contributed by atoms with E-state index in [0.717, 1.165) is 0 Å². The number of hydrogen-bond acceptors (Lipinski definition) is 3. The predicted octanol–water partition coefficient (Wildman–Crippen LogP) is 0.114. The molecule has 1 amide bonds. The average molecular weight is 186 g/mol. The van der Waals surface area contributed by atoms with Crippen molar-refractivity contribution >= 4 is 5.91 Å². The van der Waals surface area contributed by atoms with Gasteiger partial charge in [-0.3, -0.25) is 10.0 Å². The number of carbonyl (C=O) groups excluding carboxylic acids is 1. The molecular formula is C5H9F3N2O2. The lowest BCUT2D eigenvalue weighted by molar-refractivity contribution is -0.213. The third kappa shape index (κ3) is 4.14. The molecule has 0 heterocycles. The SMILES string of the molecule is C[C@@H](N)C(=O)N(O)CC(F)(F)F. The number of rotatable bonds is 2. The van der Waals surface area contributed by atoms with Crippen LogP contribution in [-0.2, 0) is 4.79 Å². The Morgan fingerprint density at radius 2 is 2.08 bits per heavy atom. The van der Waals surface area contributed by atoms with Crippen LogP contribution in [0, 0.1) is 0 Å². The lowest BCUT2D eigenvalue weighted by Gasteiger charge is -2.18. The summed E-state index contributed by atoms with van der Waals surface area (Å²) in [7, 11) is 0. The van der Waals surface area contributed by atoms with Gasteiger partial charge in [0.25, 0.3) is 5.91 Å². The summed E-state index contributed by atoms with van der Waals surface area (Å²) in [5.41, 5.74) is 4.94. The number of carbonyl (C=O) groups is 1. The molecule has 0 aliphatic heterocycles. The van der Waals surface area contributed by atoms with Gasteiger partial charge in [0.1, 0.15) is 6.54 Å². The maximum absolute atomic E-state index is 11.5. The largest absolute Gasteiger partial charge is 0.408 e. The summed E-state index contributed by atoms with van der Waals surface area (Å²) in [6.07, 6.45) is -4.61. The van der Waals surface area contributed by atoms with Gasteiger partial charge in [-0.05, 0) is 6.92 Å². The molecule has 0 saturated carbocycles. The van der Waals surface area contributed by atoms with Crippen LogP contribution in [0.3, 0.4) is 0 Å². The van der Waals surface area contributed by atoms with Gasteiger partial charge in [0.05, 0.1) is 6.04 Å². The van der Waals surface area contributed by atoms with Crippen LogP contribution in [0.1, 0.15) is 6.92 Å². The maximum atomic E-state index is 11.5. The van der Waals surface area contributed by atoms with Crippen molar-refractivity contribution in [2.75, 3.05) is 6.54 Å². The van der Waals surface area contributed by atoms with E-state index in [0.29, 0.717) is 0 Å². The number of hydrogen-bond donors (Lipinski definition) is 2. The number of hydroxylamine groups is 2. The molecule has 0 aromatic rings. The minimum Gasteiger partial charge on any atom is -0.320 e. The first-order valence-electron chi connectivity index (χ1n) is 3.06. The van der Waals surface area contributed by atoms with E-state index in [1.165, 1.54) is 6.92 Å². The fraction of sp³-hybridized carbons (Fsp3) is 0.800. The Bertz CT molecular complexity index is 169. The summed E-state index contributed by atoms with van der Waals surface area (Å²) in [5.74, 6) is -1.16. The summed E-state index contributed by atoms with van der Waals surface area (Å²) in [5, 5.41) is 8.07. The lowest BCUT2D eigenvalue weighted by atomic mass is 10.3. The second kappa shape index (κ2) is 3.72. The summed E-state index contributed by atoms with van der Waals surface area (Å²) in [6, 6.07) is -1.14. The molecular weight excluding hydrogens is 177 g/mol. The van der Waals surface area contributed by atoms with Gasteiger partial charge >= 0.3 is 6.18 Å². The van der Waals surface area contributed by atoms with Crippen molar-refractivity contribution in [2.24, 2.45) is 5.73 Å².